The van der Waals surface area contributed by atoms with E-state index in [1.54, 1.807) is 23.1 Å². The number of benzene rings is 1. The summed E-state index contributed by atoms with van der Waals surface area (Å²) in [7, 11) is 2.84. The van der Waals surface area contributed by atoms with E-state index < -0.39 is 5.97 Å². The first-order chi connectivity index (χ1) is 9.56. The summed E-state index contributed by atoms with van der Waals surface area (Å²) in [6.07, 6.45) is 1.62. The topological polar surface area (TPSA) is 66.2 Å². The molecular weight excluding hydrogens is 258 g/mol. The van der Waals surface area contributed by atoms with Crippen LogP contribution < -0.4 is 4.74 Å². The monoisotopic (exact) mass is 275 g/mol. The Morgan fingerprint density at radius 3 is 2.60 bits per heavy atom. The first-order valence-corrected chi connectivity index (χ1v) is 6.25. The molecule has 1 heterocycles. The van der Waals surface area contributed by atoms with Crippen molar-refractivity contribution in [2.24, 2.45) is 0 Å². The third-order valence-electron chi connectivity index (χ3n) is 2.88. The maximum Gasteiger partial charge on any atom is 0.341 e. The number of ether oxygens (including phenoxy) is 2. The molecule has 0 atom stereocenters. The minimum Gasteiger partial charge on any atom is -0.496 e. The predicted octanol–water partition coefficient (Wildman–Crippen LogP) is 2.19. The zero-order valence-corrected chi connectivity index (χ0v) is 12.0. The first-order valence-electron chi connectivity index (χ1n) is 6.25. The van der Waals surface area contributed by atoms with Crippen LogP contribution in [0.3, 0.4) is 0 Å². The van der Waals surface area contributed by atoms with Gasteiger partial charge in [-0.1, -0.05) is 13.8 Å². The molecule has 0 aliphatic heterocycles. The lowest BCUT2D eigenvalue weighted by molar-refractivity contribution is 0.0597. The molecule has 106 valence electrons. The molecule has 6 nitrogen and oxygen atoms in total. The maximum absolute atomic E-state index is 11.7. The van der Waals surface area contributed by atoms with Gasteiger partial charge >= 0.3 is 5.97 Å². The average molecular weight is 275 g/mol. The second-order valence-corrected chi connectivity index (χ2v) is 4.58. The number of carbonyl (C=O) groups excluding carboxylic acids is 1. The lowest BCUT2D eigenvalue weighted by Crippen LogP contribution is -2.06. The largest absolute Gasteiger partial charge is 0.496 e. The molecule has 6 heteroatoms. The summed E-state index contributed by atoms with van der Waals surface area (Å²) >= 11 is 0. The van der Waals surface area contributed by atoms with Gasteiger partial charge in [-0.2, -0.15) is 5.10 Å². The molecule has 0 bridgehead atoms. The normalized spacial score (nSPS) is 10.7. The summed E-state index contributed by atoms with van der Waals surface area (Å²) in [5.74, 6) is 1.01. The molecule has 1 aromatic carbocycles. The van der Waals surface area contributed by atoms with E-state index in [2.05, 4.69) is 10.1 Å². The fourth-order valence-corrected chi connectivity index (χ4v) is 1.77. The van der Waals surface area contributed by atoms with Gasteiger partial charge in [-0.05, 0) is 18.2 Å². The van der Waals surface area contributed by atoms with E-state index in [-0.39, 0.29) is 5.92 Å². The van der Waals surface area contributed by atoms with Gasteiger partial charge in [-0.25, -0.2) is 14.5 Å². The Morgan fingerprint density at radius 2 is 2.05 bits per heavy atom. The van der Waals surface area contributed by atoms with Crippen LogP contribution in [-0.2, 0) is 4.74 Å². The highest BCUT2D eigenvalue weighted by Crippen LogP contribution is 2.22. The van der Waals surface area contributed by atoms with E-state index in [0.29, 0.717) is 11.3 Å². The predicted molar refractivity (Wildman–Crippen MR) is 73.3 cm³/mol. The van der Waals surface area contributed by atoms with E-state index in [4.69, 9.17) is 9.47 Å². The van der Waals surface area contributed by atoms with Crippen molar-refractivity contribution in [3.05, 3.63) is 35.9 Å². The molecular formula is C14H17N3O3. The fraction of sp³-hybridized carbons (Fsp3) is 0.357. The van der Waals surface area contributed by atoms with Crippen LogP contribution in [-0.4, -0.2) is 35.0 Å². The Kier molecular flexibility index (Phi) is 4.02. The molecule has 0 amide bonds. The molecule has 2 rings (SSSR count). The van der Waals surface area contributed by atoms with Gasteiger partial charge in [0.2, 0.25) is 0 Å². The Bertz CT molecular complexity index is 620. The van der Waals surface area contributed by atoms with Crippen LogP contribution in [0, 0.1) is 0 Å². The summed E-state index contributed by atoms with van der Waals surface area (Å²) < 4.78 is 11.5. The highest BCUT2D eigenvalue weighted by Gasteiger charge is 2.15. The molecule has 0 saturated heterocycles. The van der Waals surface area contributed by atoms with Crippen molar-refractivity contribution in [2.75, 3.05) is 14.2 Å². The van der Waals surface area contributed by atoms with E-state index in [1.807, 2.05) is 19.9 Å². The van der Waals surface area contributed by atoms with Crippen molar-refractivity contribution in [1.29, 1.82) is 0 Å². The van der Waals surface area contributed by atoms with Gasteiger partial charge in [0.1, 0.15) is 17.6 Å². The summed E-state index contributed by atoms with van der Waals surface area (Å²) in [6, 6.07) is 5.19. The second-order valence-electron chi connectivity index (χ2n) is 4.58. The Balaban J connectivity index is 2.44. The van der Waals surface area contributed by atoms with Gasteiger partial charge in [-0.15, -0.1) is 0 Å². The van der Waals surface area contributed by atoms with Crippen LogP contribution in [0.15, 0.2) is 24.5 Å². The highest BCUT2D eigenvalue weighted by atomic mass is 16.5. The zero-order valence-electron chi connectivity index (χ0n) is 12.0. The molecule has 0 aliphatic rings. The Hall–Kier alpha value is -2.37. The van der Waals surface area contributed by atoms with Crippen molar-refractivity contribution >= 4 is 5.97 Å². The molecule has 0 aliphatic carbocycles. The zero-order chi connectivity index (χ0) is 14.7. The van der Waals surface area contributed by atoms with Gasteiger partial charge in [0.05, 0.1) is 19.9 Å². The third kappa shape index (κ3) is 2.64. The highest BCUT2D eigenvalue weighted by molar-refractivity contribution is 5.93. The van der Waals surface area contributed by atoms with Crippen molar-refractivity contribution in [3.63, 3.8) is 0 Å². The number of esters is 1. The average Bonchev–Trinajstić information content (AvgIpc) is 2.95. The van der Waals surface area contributed by atoms with Crippen molar-refractivity contribution in [1.82, 2.24) is 14.8 Å². The molecule has 0 N–H and O–H groups in total. The molecule has 0 unspecified atom stereocenters. The standard InChI is InChI=1S/C14H17N3O3/c1-9(2)13-15-8-17(16-13)10-5-6-12(19-3)11(7-10)14(18)20-4/h5-9H,1-4H3. The maximum atomic E-state index is 11.7. The minimum atomic E-state index is -0.451. The van der Waals surface area contributed by atoms with Gasteiger partial charge in [0.25, 0.3) is 0 Å². The molecule has 0 fully saturated rings. The summed E-state index contributed by atoms with van der Waals surface area (Å²) in [5.41, 5.74) is 1.08. The van der Waals surface area contributed by atoms with Gasteiger partial charge < -0.3 is 9.47 Å². The number of nitrogens with zero attached hydrogens (tertiary/aromatic N) is 3. The smallest absolute Gasteiger partial charge is 0.341 e. The quantitative estimate of drug-likeness (QED) is 0.800. The van der Waals surface area contributed by atoms with E-state index in [0.717, 1.165) is 11.5 Å². The molecule has 0 spiro atoms. The minimum absolute atomic E-state index is 0.245. The van der Waals surface area contributed by atoms with Gasteiger partial charge in [0, 0.05) is 5.92 Å². The molecule has 2 aromatic rings. The number of carbonyl (C=O) groups is 1. The van der Waals surface area contributed by atoms with Crippen molar-refractivity contribution < 1.29 is 14.3 Å². The van der Waals surface area contributed by atoms with Gasteiger partial charge in [-0.3, -0.25) is 0 Å². The summed E-state index contributed by atoms with van der Waals surface area (Å²) in [5, 5.41) is 4.37. The second kappa shape index (κ2) is 5.73. The summed E-state index contributed by atoms with van der Waals surface area (Å²) in [6.45, 7) is 4.04. The first kappa shape index (κ1) is 14.0. The molecule has 0 saturated carbocycles. The fourth-order valence-electron chi connectivity index (χ4n) is 1.77. The van der Waals surface area contributed by atoms with Crippen molar-refractivity contribution in [2.45, 2.75) is 19.8 Å². The van der Waals surface area contributed by atoms with E-state index in [9.17, 15) is 4.79 Å². The number of hydrogen-bond acceptors (Lipinski definition) is 5. The van der Waals surface area contributed by atoms with Crippen molar-refractivity contribution in [3.8, 4) is 11.4 Å². The van der Waals surface area contributed by atoms with Crippen LogP contribution in [0.5, 0.6) is 5.75 Å². The Morgan fingerprint density at radius 1 is 1.30 bits per heavy atom. The SMILES string of the molecule is COC(=O)c1cc(-n2cnc(C(C)C)n2)ccc1OC. The van der Waals surface area contributed by atoms with Crippen LogP contribution in [0.25, 0.3) is 5.69 Å². The number of aromatic nitrogens is 3. The van der Waals surface area contributed by atoms with Crippen LogP contribution in [0.1, 0.15) is 35.9 Å². The number of methoxy groups -OCH3 is 2. The Labute approximate surface area is 117 Å². The third-order valence-corrected chi connectivity index (χ3v) is 2.88. The lowest BCUT2D eigenvalue weighted by Gasteiger charge is -2.09. The van der Waals surface area contributed by atoms with Gasteiger partial charge in [0.15, 0.2) is 5.82 Å². The number of rotatable bonds is 4. The summed E-state index contributed by atoms with van der Waals surface area (Å²) in [4.78, 5) is 16.0. The lowest BCUT2D eigenvalue weighted by atomic mass is 10.2. The molecule has 1 aromatic heterocycles. The number of hydrogen-bond donors (Lipinski definition) is 0. The van der Waals surface area contributed by atoms with E-state index in [1.165, 1.54) is 14.2 Å². The molecule has 20 heavy (non-hydrogen) atoms. The van der Waals surface area contributed by atoms with Crippen LogP contribution >= 0.6 is 0 Å². The van der Waals surface area contributed by atoms with Crippen LogP contribution in [0.4, 0.5) is 0 Å². The van der Waals surface area contributed by atoms with E-state index >= 15 is 0 Å². The van der Waals surface area contributed by atoms with Crippen LogP contribution in [0.2, 0.25) is 0 Å². The molecule has 0 radical (unpaired) electrons.